The number of rotatable bonds is 10. The molecule has 0 saturated heterocycles. The molecule has 0 fully saturated rings. The average Bonchev–Trinajstić information content (AvgIpc) is 3.19. The number of ketones is 1. The minimum atomic E-state index is -1.23. The van der Waals surface area contributed by atoms with Gasteiger partial charge in [-0.3, -0.25) is 28.3 Å². The van der Waals surface area contributed by atoms with E-state index in [1.807, 2.05) is 48.5 Å². The van der Waals surface area contributed by atoms with Gasteiger partial charge in [-0.15, -0.1) is 0 Å². The number of Topliss-reactive ketones (excluding diaryl/α,β-unsaturated/α-hetero) is 1. The van der Waals surface area contributed by atoms with Crippen LogP contribution in [0.3, 0.4) is 0 Å². The highest BCUT2D eigenvalue weighted by atomic mass is 32.2. The van der Waals surface area contributed by atoms with Crippen LogP contribution >= 0.6 is 11.9 Å². The van der Waals surface area contributed by atoms with Gasteiger partial charge in [-0.2, -0.15) is 0 Å². The Morgan fingerprint density at radius 1 is 1.05 bits per heavy atom. The molecule has 37 heavy (non-hydrogen) atoms. The Bertz CT molecular complexity index is 1240. The second-order valence-electron chi connectivity index (χ2n) is 8.75. The van der Waals surface area contributed by atoms with Crippen LogP contribution in [0.5, 0.6) is 0 Å². The van der Waals surface area contributed by atoms with Crippen LogP contribution in [0.25, 0.3) is 11.1 Å². The van der Waals surface area contributed by atoms with Crippen LogP contribution in [0, 0.1) is 0 Å². The Kier molecular flexibility index (Phi) is 8.08. The van der Waals surface area contributed by atoms with E-state index in [0.717, 1.165) is 43.4 Å². The minimum absolute atomic E-state index is 0.0275. The van der Waals surface area contributed by atoms with Crippen molar-refractivity contribution in [2.45, 2.75) is 25.7 Å². The van der Waals surface area contributed by atoms with Gasteiger partial charge < -0.3 is 14.7 Å². The molecular formula is C27H26N2O7S. The van der Waals surface area contributed by atoms with Crippen molar-refractivity contribution in [3.63, 3.8) is 0 Å². The predicted molar refractivity (Wildman–Crippen MR) is 136 cm³/mol. The van der Waals surface area contributed by atoms with Gasteiger partial charge in [0.1, 0.15) is 19.7 Å². The minimum Gasteiger partial charge on any atom is -0.480 e. The molecular weight excluding hydrogens is 496 g/mol. The van der Waals surface area contributed by atoms with Crippen molar-refractivity contribution in [2.24, 2.45) is 0 Å². The fourth-order valence-electron chi connectivity index (χ4n) is 4.37. The average molecular weight is 523 g/mol. The molecule has 4 rings (SSSR count). The third-order valence-corrected chi connectivity index (χ3v) is 7.24. The number of carbonyl (C=O) groups is 5. The van der Waals surface area contributed by atoms with Crippen molar-refractivity contribution < 1.29 is 33.8 Å². The fourth-order valence-corrected chi connectivity index (χ4v) is 5.25. The van der Waals surface area contributed by atoms with E-state index >= 15 is 0 Å². The van der Waals surface area contributed by atoms with Gasteiger partial charge in [0, 0.05) is 23.4 Å². The highest BCUT2D eigenvalue weighted by Crippen LogP contribution is 2.44. The van der Waals surface area contributed by atoms with E-state index in [1.54, 1.807) is 6.92 Å². The summed E-state index contributed by atoms with van der Waals surface area (Å²) in [5.41, 5.74) is 4.79. The summed E-state index contributed by atoms with van der Waals surface area (Å²) in [6.07, 6.45) is 0.941. The number of amides is 2. The van der Waals surface area contributed by atoms with Crippen LogP contribution < -0.4 is 0 Å². The maximum absolute atomic E-state index is 12.7. The standard InChI is InChI=1S/C27H26N2O7S/c1-17-13-28(24(31)12-23(17)30)14-25(32)29(15-26(33)34)37-11-10-27(35)36-16-22-20-8-4-2-6-18(20)19-7-3-5-9-21(19)22/h2-9,13,22H,10-12,14-16H2,1H3,(H,33,34). The molecule has 2 aromatic rings. The van der Waals surface area contributed by atoms with Crippen molar-refractivity contribution in [1.29, 1.82) is 0 Å². The number of carboxylic acid groups (broad SMARTS) is 1. The molecule has 0 bridgehead atoms. The van der Waals surface area contributed by atoms with Crippen LogP contribution in [0.1, 0.15) is 36.8 Å². The second-order valence-corrected chi connectivity index (χ2v) is 9.86. The second kappa shape index (κ2) is 11.4. The number of aliphatic carboxylic acids is 1. The third-order valence-electron chi connectivity index (χ3n) is 6.21. The number of carbonyl (C=O) groups excluding carboxylic acids is 4. The number of hydrogen-bond acceptors (Lipinski definition) is 7. The Balaban J connectivity index is 1.31. The van der Waals surface area contributed by atoms with Gasteiger partial charge in [0.05, 0.1) is 12.8 Å². The van der Waals surface area contributed by atoms with Crippen molar-refractivity contribution in [3.05, 3.63) is 71.4 Å². The van der Waals surface area contributed by atoms with Crippen LogP contribution in [0.4, 0.5) is 0 Å². The number of nitrogens with zero attached hydrogens (tertiary/aromatic N) is 2. The Labute approximate surface area is 218 Å². The molecule has 1 aliphatic carbocycles. The SMILES string of the molecule is CC1=CN(CC(=O)N(CC(=O)O)SCCC(=O)OCC2c3ccccc3-c3ccccc32)C(=O)CC1=O. The maximum atomic E-state index is 12.7. The molecule has 1 N–H and O–H groups in total. The summed E-state index contributed by atoms with van der Waals surface area (Å²) >= 11 is 0.889. The lowest BCUT2D eigenvalue weighted by molar-refractivity contribution is -0.143. The molecule has 0 aromatic heterocycles. The van der Waals surface area contributed by atoms with Crippen molar-refractivity contribution in [3.8, 4) is 11.1 Å². The molecule has 1 aliphatic heterocycles. The van der Waals surface area contributed by atoms with Crippen LogP contribution in [-0.2, 0) is 28.7 Å². The number of esters is 1. The van der Waals surface area contributed by atoms with E-state index in [1.165, 1.54) is 6.20 Å². The molecule has 0 spiro atoms. The lowest BCUT2D eigenvalue weighted by atomic mass is 9.98. The largest absolute Gasteiger partial charge is 0.480 e. The number of hydrogen-bond donors (Lipinski definition) is 1. The first-order valence-electron chi connectivity index (χ1n) is 11.7. The highest BCUT2D eigenvalue weighted by Gasteiger charge is 2.30. The van der Waals surface area contributed by atoms with Crippen LogP contribution in [0.2, 0.25) is 0 Å². The van der Waals surface area contributed by atoms with E-state index in [4.69, 9.17) is 4.74 Å². The number of benzene rings is 2. The predicted octanol–water partition coefficient (Wildman–Crippen LogP) is 3.00. The molecule has 1 heterocycles. The highest BCUT2D eigenvalue weighted by molar-refractivity contribution is 7.97. The normalized spacial score (nSPS) is 14.6. The molecule has 0 radical (unpaired) electrons. The van der Waals surface area contributed by atoms with Crippen molar-refractivity contribution >= 4 is 41.5 Å². The summed E-state index contributed by atoms with van der Waals surface area (Å²) in [5.74, 6) is -3.09. The smallest absolute Gasteiger partial charge is 0.324 e. The van der Waals surface area contributed by atoms with Gasteiger partial charge in [-0.05, 0) is 41.1 Å². The van der Waals surface area contributed by atoms with Crippen LogP contribution in [-0.4, -0.2) is 69.3 Å². The van der Waals surface area contributed by atoms with Gasteiger partial charge in [-0.1, -0.05) is 48.5 Å². The van der Waals surface area contributed by atoms with Gasteiger partial charge in [-0.25, -0.2) is 0 Å². The first-order valence-corrected chi connectivity index (χ1v) is 12.7. The van der Waals surface area contributed by atoms with E-state index in [2.05, 4.69) is 0 Å². The lowest BCUT2D eigenvalue weighted by Gasteiger charge is -2.26. The van der Waals surface area contributed by atoms with Gasteiger partial charge >= 0.3 is 11.9 Å². The molecule has 0 saturated carbocycles. The summed E-state index contributed by atoms with van der Waals surface area (Å²) in [5, 5.41) is 9.21. The number of ether oxygens (including phenoxy) is 1. The Hall–Kier alpha value is -3.92. The van der Waals surface area contributed by atoms with Crippen LogP contribution in [0.15, 0.2) is 60.3 Å². The summed E-state index contributed by atoms with van der Waals surface area (Å²) < 4.78 is 6.56. The lowest BCUT2D eigenvalue weighted by Crippen LogP contribution is -2.42. The zero-order chi connectivity index (χ0) is 26.5. The molecule has 2 amide bonds. The molecule has 2 aromatic carbocycles. The Morgan fingerprint density at radius 2 is 1.68 bits per heavy atom. The molecule has 2 aliphatic rings. The van der Waals surface area contributed by atoms with Gasteiger partial charge in [0.15, 0.2) is 5.78 Å². The molecule has 0 unspecified atom stereocenters. The zero-order valence-corrected chi connectivity index (χ0v) is 21.0. The topological polar surface area (TPSA) is 121 Å². The summed E-state index contributed by atoms with van der Waals surface area (Å²) in [7, 11) is 0. The first kappa shape index (κ1) is 26.2. The van der Waals surface area contributed by atoms with Gasteiger partial charge in [0.2, 0.25) is 5.91 Å². The molecule has 9 nitrogen and oxygen atoms in total. The molecule has 10 heteroatoms. The maximum Gasteiger partial charge on any atom is 0.324 e. The van der Waals surface area contributed by atoms with E-state index in [0.29, 0.717) is 5.57 Å². The first-order chi connectivity index (χ1) is 17.7. The Morgan fingerprint density at radius 3 is 2.30 bits per heavy atom. The fraction of sp³-hybridized carbons (Fsp3) is 0.296. The van der Waals surface area contributed by atoms with E-state index in [-0.39, 0.29) is 36.9 Å². The van der Waals surface area contributed by atoms with Gasteiger partial charge in [0.25, 0.3) is 5.91 Å². The quantitative estimate of drug-likeness (QED) is 0.287. The number of allylic oxidation sites excluding steroid dienone is 1. The van der Waals surface area contributed by atoms with Crippen molar-refractivity contribution in [1.82, 2.24) is 9.21 Å². The van der Waals surface area contributed by atoms with E-state index in [9.17, 15) is 29.1 Å². The summed E-state index contributed by atoms with van der Waals surface area (Å²) in [4.78, 5) is 61.3. The molecule has 192 valence electrons. The van der Waals surface area contributed by atoms with Crippen molar-refractivity contribution in [2.75, 3.05) is 25.4 Å². The number of carboxylic acids is 1. The third kappa shape index (κ3) is 6.08. The summed E-state index contributed by atoms with van der Waals surface area (Å²) in [6, 6.07) is 16.0. The molecule has 0 atom stereocenters. The summed E-state index contributed by atoms with van der Waals surface area (Å²) in [6.45, 7) is 0.730. The monoisotopic (exact) mass is 522 g/mol. The number of fused-ring (bicyclic) bond motifs is 3. The van der Waals surface area contributed by atoms with E-state index < -0.39 is 36.8 Å². The zero-order valence-electron chi connectivity index (χ0n) is 20.2.